The van der Waals surface area contributed by atoms with E-state index in [1.807, 2.05) is 12.1 Å². The lowest BCUT2D eigenvalue weighted by molar-refractivity contribution is 0.165. The summed E-state index contributed by atoms with van der Waals surface area (Å²) < 4.78 is 2.32. The van der Waals surface area contributed by atoms with E-state index in [9.17, 15) is 0 Å². The number of nitrogens with zero attached hydrogens (tertiary/aromatic N) is 3. The first-order valence-corrected chi connectivity index (χ1v) is 8.04. The van der Waals surface area contributed by atoms with Crippen molar-refractivity contribution in [1.29, 1.82) is 0 Å². The normalized spacial score (nSPS) is 16.6. The molecule has 3 aromatic rings. The van der Waals surface area contributed by atoms with Crippen molar-refractivity contribution in [2.45, 2.75) is 26.1 Å². The highest BCUT2D eigenvalue weighted by molar-refractivity contribution is 6.31. The maximum Gasteiger partial charge on any atom is 0.124 e. The molecule has 112 valence electrons. The third-order valence-electron chi connectivity index (χ3n) is 4.57. The Morgan fingerprint density at radius 2 is 1.91 bits per heavy atom. The van der Waals surface area contributed by atoms with Crippen molar-refractivity contribution < 1.29 is 0 Å². The van der Waals surface area contributed by atoms with E-state index in [4.69, 9.17) is 16.6 Å². The van der Waals surface area contributed by atoms with Crippen LogP contribution in [0.25, 0.3) is 11.0 Å². The molecule has 0 aliphatic carbocycles. The van der Waals surface area contributed by atoms with Gasteiger partial charge in [-0.25, -0.2) is 4.98 Å². The van der Waals surface area contributed by atoms with Gasteiger partial charge in [-0.05, 0) is 30.7 Å². The predicted molar refractivity (Wildman–Crippen MR) is 90.0 cm³/mol. The van der Waals surface area contributed by atoms with Crippen molar-refractivity contribution >= 4 is 22.6 Å². The molecule has 0 spiro atoms. The minimum absolute atomic E-state index is 0.401. The zero-order valence-corrected chi connectivity index (χ0v) is 13.3. The smallest absolute Gasteiger partial charge is 0.124 e. The van der Waals surface area contributed by atoms with Crippen LogP contribution in [0.3, 0.4) is 0 Å². The molecule has 0 bridgehead atoms. The fourth-order valence-corrected chi connectivity index (χ4v) is 3.45. The van der Waals surface area contributed by atoms with Gasteiger partial charge in [0, 0.05) is 24.2 Å². The monoisotopic (exact) mass is 311 g/mol. The Morgan fingerprint density at radius 3 is 2.73 bits per heavy atom. The summed E-state index contributed by atoms with van der Waals surface area (Å²) in [7, 11) is 0. The van der Waals surface area contributed by atoms with Crippen molar-refractivity contribution in [2.24, 2.45) is 0 Å². The van der Waals surface area contributed by atoms with Gasteiger partial charge in [0.15, 0.2) is 0 Å². The molecule has 1 atom stereocenters. The largest absolute Gasteiger partial charge is 0.326 e. The zero-order valence-electron chi connectivity index (χ0n) is 12.5. The number of benzene rings is 2. The van der Waals surface area contributed by atoms with Crippen LogP contribution in [-0.2, 0) is 13.1 Å². The first kappa shape index (κ1) is 13.8. The molecule has 4 rings (SSSR count). The summed E-state index contributed by atoms with van der Waals surface area (Å²) in [5, 5.41) is 0.748. The van der Waals surface area contributed by atoms with Gasteiger partial charge in [-0.2, -0.15) is 0 Å². The lowest BCUT2D eigenvalue weighted by atomic mass is 10.1. The van der Waals surface area contributed by atoms with E-state index < -0.39 is 0 Å². The van der Waals surface area contributed by atoms with Crippen molar-refractivity contribution in [3.8, 4) is 0 Å². The standard InChI is InChI=1S/C18H18ClN3/c1-13(14-5-3-2-4-6-14)21-9-10-22-17-8-7-15(19)11-16(17)20-18(22)12-21/h2-8,11,13H,9-10,12H2,1H3/t13-/m1/s1. The van der Waals surface area contributed by atoms with Gasteiger partial charge in [-0.1, -0.05) is 41.9 Å². The molecular weight excluding hydrogens is 294 g/mol. The number of rotatable bonds is 2. The molecule has 2 aromatic carbocycles. The lowest BCUT2D eigenvalue weighted by Crippen LogP contribution is -2.35. The first-order valence-electron chi connectivity index (χ1n) is 7.66. The number of imidazole rings is 1. The topological polar surface area (TPSA) is 21.1 Å². The first-order chi connectivity index (χ1) is 10.7. The average Bonchev–Trinajstić information content (AvgIpc) is 2.91. The second-order valence-corrected chi connectivity index (χ2v) is 6.31. The summed E-state index contributed by atoms with van der Waals surface area (Å²) in [5.41, 5.74) is 3.54. The molecule has 22 heavy (non-hydrogen) atoms. The summed E-state index contributed by atoms with van der Waals surface area (Å²) in [6.07, 6.45) is 0. The predicted octanol–water partition coefficient (Wildman–Crippen LogP) is 4.27. The van der Waals surface area contributed by atoms with Crippen molar-refractivity contribution in [3.05, 3.63) is 64.9 Å². The summed E-state index contributed by atoms with van der Waals surface area (Å²) in [5.74, 6) is 1.13. The number of hydrogen-bond donors (Lipinski definition) is 0. The van der Waals surface area contributed by atoms with Crippen LogP contribution < -0.4 is 0 Å². The van der Waals surface area contributed by atoms with Crippen LogP contribution in [0.4, 0.5) is 0 Å². The molecule has 1 aliphatic rings. The van der Waals surface area contributed by atoms with E-state index >= 15 is 0 Å². The molecule has 0 radical (unpaired) electrons. The SMILES string of the molecule is C[C@H](c1ccccc1)N1CCn2c(nc3cc(Cl)ccc32)C1. The van der Waals surface area contributed by atoms with Crippen LogP contribution in [0.15, 0.2) is 48.5 Å². The van der Waals surface area contributed by atoms with Crippen LogP contribution in [0.2, 0.25) is 5.02 Å². The van der Waals surface area contributed by atoms with Crippen molar-refractivity contribution in [2.75, 3.05) is 6.54 Å². The molecule has 1 aromatic heterocycles. The van der Waals surface area contributed by atoms with Gasteiger partial charge in [-0.3, -0.25) is 4.90 Å². The Morgan fingerprint density at radius 1 is 1.09 bits per heavy atom. The second-order valence-electron chi connectivity index (χ2n) is 5.87. The van der Waals surface area contributed by atoms with E-state index in [0.717, 1.165) is 36.0 Å². The maximum absolute atomic E-state index is 6.08. The fourth-order valence-electron chi connectivity index (χ4n) is 3.29. The van der Waals surface area contributed by atoms with Crippen LogP contribution >= 0.6 is 11.6 Å². The molecule has 0 unspecified atom stereocenters. The van der Waals surface area contributed by atoms with Gasteiger partial charge in [0.25, 0.3) is 0 Å². The minimum Gasteiger partial charge on any atom is -0.326 e. The Balaban J connectivity index is 1.65. The van der Waals surface area contributed by atoms with Crippen molar-refractivity contribution in [3.63, 3.8) is 0 Å². The Labute approximate surface area is 135 Å². The molecule has 3 nitrogen and oxygen atoms in total. The molecular formula is C18H18ClN3. The molecule has 1 aliphatic heterocycles. The highest BCUT2D eigenvalue weighted by atomic mass is 35.5. The van der Waals surface area contributed by atoms with Crippen LogP contribution in [0, 0.1) is 0 Å². The van der Waals surface area contributed by atoms with E-state index in [-0.39, 0.29) is 0 Å². The molecule has 0 saturated carbocycles. The number of halogens is 1. The number of fused-ring (bicyclic) bond motifs is 3. The number of hydrogen-bond acceptors (Lipinski definition) is 2. The maximum atomic E-state index is 6.08. The summed E-state index contributed by atoms with van der Waals surface area (Å²) >= 11 is 6.08. The summed E-state index contributed by atoms with van der Waals surface area (Å²) in [6.45, 7) is 5.16. The van der Waals surface area contributed by atoms with E-state index in [2.05, 4.69) is 52.8 Å². The van der Waals surface area contributed by atoms with Crippen LogP contribution in [-0.4, -0.2) is 21.0 Å². The highest BCUT2D eigenvalue weighted by Crippen LogP contribution is 2.28. The van der Waals surface area contributed by atoms with Gasteiger partial charge in [0.1, 0.15) is 5.82 Å². The Kier molecular flexibility index (Phi) is 3.40. The quantitative estimate of drug-likeness (QED) is 0.705. The second kappa shape index (κ2) is 5.41. The molecule has 0 fully saturated rings. The zero-order chi connectivity index (χ0) is 15.1. The Hall–Kier alpha value is -1.84. The molecule has 0 N–H and O–H groups in total. The molecule has 0 amide bonds. The third-order valence-corrected chi connectivity index (χ3v) is 4.81. The molecule has 2 heterocycles. The van der Waals surface area contributed by atoms with Crippen LogP contribution in [0.1, 0.15) is 24.4 Å². The number of aromatic nitrogens is 2. The van der Waals surface area contributed by atoms with Gasteiger partial charge in [0.05, 0.1) is 17.6 Å². The average molecular weight is 312 g/mol. The van der Waals surface area contributed by atoms with Gasteiger partial charge >= 0.3 is 0 Å². The van der Waals surface area contributed by atoms with Crippen molar-refractivity contribution in [1.82, 2.24) is 14.5 Å². The van der Waals surface area contributed by atoms with E-state index in [1.54, 1.807) is 0 Å². The molecule has 0 saturated heterocycles. The minimum atomic E-state index is 0.401. The third kappa shape index (κ3) is 2.31. The molecule has 4 heteroatoms. The van der Waals surface area contributed by atoms with E-state index in [1.165, 1.54) is 11.1 Å². The van der Waals surface area contributed by atoms with Gasteiger partial charge < -0.3 is 4.57 Å². The highest BCUT2D eigenvalue weighted by Gasteiger charge is 2.24. The summed E-state index contributed by atoms with van der Waals surface area (Å²) in [6, 6.07) is 17.0. The fraction of sp³-hybridized carbons (Fsp3) is 0.278. The van der Waals surface area contributed by atoms with Gasteiger partial charge in [0.2, 0.25) is 0 Å². The van der Waals surface area contributed by atoms with Crippen LogP contribution in [0.5, 0.6) is 0 Å². The lowest BCUT2D eigenvalue weighted by Gasteiger charge is -2.33. The summed E-state index contributed by atoms with van der Waals surface area (Å²) in [4.78, 5) is 7.26. The Bertz CT molecular complexity index is 810. The van der Waals surface area contributed by atoms with E-state index in [0.29, 0.717) is 6.04 Å². The van der Waals surface area contributed by atoms with Gasteiger partial charge in [-0.15, -0.1) is 0 Å².